The summed E-state index contributed by atoms with van der Waals surface area (Å²) in [4.78, 5) is 35.2. The molecule has 0 bridgehead atoms. The zero-order valence-corrected chi connectivity index (χ0v) is 17.4. The van der Waals surface area contributed by atoms with Gasteiger partial charge in [0.1, 0.15) is 11.5 Å². The summed E-state index contributed by atoms with van der Waals surface area (Å²) >= 11 is 3.31. The second-order valence-electron chi connectivity index (χ2n) is 5.74. The lowest BCUT2D eigenvalue weighted by Crippen LogP contribution is -2.35. The maximum Gasteiger partial charge on any atom is 0.309 e. The molecule has 2 N–H and O–H groups in total. The second-order valence-corrected chi connectivity index (χ2v) is 6.59. The minimum absolute atomic E-state index is 0.0121. The molecule has 0 saturated carbocycles. The average Bonchev–Trinajstić information content (AvgIpc) is 2.73. The van der Waals surface area contributed by atoms with Crippen molar-refractivity contribution in [3.05, 3.63) is 53.0 Å². The summed E-state index contributed by atoms with van der Waals surface area (Å²) in [6.45, 7) is -0.594. The molecule has 2 rings (SSSR count). The highest BCUT2D eigenvalue weighted by Crippen LogP contribution is 2.20. The van der Waals surface area contributed by atoms with E-state index in [0.29, 0.717) is 17.2 Å². The summed E-state index contributed by atoms with van der Waals surface area (Å²) in [5, 5.41) is 5.03. The van der Waals surface area contributed by atoms with Crippen molar-refractivity contribution in [1.29, 1.82) is 0 Å². The Hall–Kier alpha value is -3.07. The van der Waals surface area contributed by atoms with Crippen LogP contribution in [0.5, 0.6) is 11.5 Å². The van der Waals surface area contributed by atoms with E-state index in [4.69, 9.17) is 14.2 Å². The van der Waals surface area contributed by atoms with Gasteiger partial charge in [0.05, 0.1) is 32.4 Å². The van der Waals surface area contributed by atoms with Gasteiger partial charge in [0.25, 0.3) is 5.91 Å². The maximum atomic E-state index is 11.8. The molecule has 2 amide bonds. The van der Waals surface area contributed by atoms with Crippen molar-refractivity contribution in [1.82, 2.24) is 5.32 Å². The Bertz CT molecular complexity index is 841. The molecule has 29 heavy (non-hydrogen) atoms. The third-order valence-electron chi connectivity index (χ3n) is 3.59. The summed E-state index contributed by atoms with van der Waals surface area (Å²) in [6.07, 6.45) is -0.0121. The molecule has 0 saturated heterocycles. The van der Waals surface area contributed by atoms with E-state index >= 15 is 0 Å². The van der Waals surface area contributed by atoms with Crippen LogP contribution < -0.4 is 20.1 Å². The standard InChI is InChI=1S/C20H21BrN2O6/c1-27-14-6-8-15(9-7-14)28-11-10-20(26)29-13-19(25)22-12-18(24)23-17-5-3-2-4-16(17)21/h2-9H,10-13H2,1H3,(H,22,25)(H,23,24). The third kappa shape index (κ3) is 8.22. The fraction of sp³-hybridized carbons (Fsp3) is 0.250. The van der Waals surface area contributed by atoms with Crippen LogP contribution >= 0.6 is 15.9 Å². The van der Waals surface area contributed by atoms with Crippen LogP contribution in [-0.4, -0.2) is 44.7 Å². The van der Waals surface area contributed by atoms with Crippen molar-refractivity contribution in [2.75, 3.05) is 32.2 Å². The molecule has 0 spiro atoms. The molecule has 0 fully saturated rings. The van der Waals surface area contributed by atoms with Crippen LogP contribution in [0.3, 0.4) is 0 Å². The van der Waals surface area contributed by atoms with E-state index in [1.807, 2.05) is 6.07 Å². The zero-order valence-electron chi connectivity index (χ0n) is 15.8. The van der Waals surface area contributed by atoms with Gasteiger partial charge < -0.3 is 24.8 Å². The summed E-state index contributed by atoms with van der Waals surface area (Å²) in [7, 11) is 1.57. The lowest BCUT2D eigenvalue weighted by molar-refractivity contribution is -0.149. The van der Waals surface area contributed by atoms with Crippen molar-refractivity contribution >= 4 is 39.4 Å². The number of benzene rings is 2. The Balaban J connectivity index is 1.59. The minimum atomic E-state index is -0.577. The molecular formula is C20H21BrN2O6. The Labute approximate surface area is 176 Å². The van der Waals surface area contributed by atoms with Gasteiger partial charge in [-0.2, -0.15) is 0 Å². The number of ether oxygens (including phenoxy) is 3. The number of amides is 2. The van der Waals surface area contributed by atoms with Crippen LogP contribution in [0.15, 0.2) is 53.0 Å². The van der Waals surface area contributed by atoms with Crippen LogP contribution in [0, 0.1) is 0 Å². The van der Waals surface area contributed by atoms with Gasteiger partial charge in [0, 0.05) is 4.47 Å². The largest absolute Gasteiger partial charge is 0.497 e. The Morgan fingerprint density at radius 1 is 0.966 bits per heavy atom. The highest BCUT2D eigenvalue weighted by atomic mass is 79.9. The molecule has 0 radical (unpaired) electrons. The lowest BCUT2D eigenvalue weighted by atomic mass is 10.3. The molecule has 0 aliphatic rings. The molecular weight excluding hydrogens is 444 g/mol. The first-order valence-electron chi connectivity index (χ1n) is 8.71. The first kappa shape index (κ1) is 22.2. The van der Waals surface area contributed by atoms with Gasteiger partial charge in [-0.1, -0.05) is 12.1 Å². The molecule has 0 heterocycles. The van der Waals surface area contributed by atoms with Crippen LogP contribution in [0.1, 0.15) is 6.42 Å². The Morgan fingerprint density at radius 2 is 1.66 bits per heavy atom. The number of hydrogen-bond donors (Lipinski definition) is 2. The van der Waals surface area contributed by atoms with E-state index in [1.54, 1.807) is 49.6 Å². The van der Waals surface area contributed by atoms with Gasteiger partial charge in [-0.25, -0.2) is 0 Å². The highest BCUT2D eigenvalue weighted by Gasteiger charge is 2.10. The Kier molecular flexibility index (Phi) is 8.97. The maximum absolute atomic E-state index is 11.8. The fourth-order valence-corrected chi connectivity index (χ4v) is 2.51. The Morgan fingerprint density at radius 3 is 2.34 bits per heavy atom. The number of nitrogens with one attached hydrogen (secondary N) is 2. The molecule has 2 aromatic rings. The minimum Gasteiger partial charge on any atom is -0.497 e. The van der Waals surface area contributed by atoms with Gasteiger partial charge in [0.2, 0.25) is 5.91 Å². The number of esters is 1. The van der Waals surface area contributed by atoms with Gasteiger partial charge >= 0.3 is 5.97 Å². The summed E-state index contributed by atoms with van der Waals surface area (Å²) in [5.74, 6) is -0.257. The number of hydrogen-bond acceptors (Lipinski definition) is 6. The zero-order chi connectivity index (χ0) is 21.1. The second kappa shape index (κ2) is 11.7. The van der Waals surface area contributed by atoms with E-state index < -0.39 is 24.4 Å². The normalized spacial score (nSPS) is 10.0. The summed E-state index contributed by atoms with van der Waals surface area (Å²) < 4.78 is 16.0. The van der Waals surface area contributed by atoms with Crippen LogP contribution in [-0.2, 0) is 19.1 Å². The van der Waals surface area contributed by atoms with Gasteiger partial charge in [-0.05, 0) is 52.3 Å². The molecule has 8 nitrogen and oxygen atoms in total. The molecule has 0 aliphatic carbocycles. The van der Waals surface area contributed by atoms with Gasteiger partial charge in [-0.15, -0.1) is 0 Å². The van der Waals surface area contributed by atoms with E-state index in [9.17, 15) is 14.4 Å². The van der Waals surface area contributed by atoms with E-state index in [1.165, 1.54) is 0 Å². The van der Waals surface area contributed by atoms with E-state index in [0.717, 1.165) is 4.47 Å². The number of rotatable bonds is 10. The predicted molar refractivity (Wildman–Crippen MR) is 110 cm³/mol. The van der Waals surface area contributed by atoms with Crippen molar-refractivity contribution in [2.24, 2.45) is 0 Å². The topological polar surface area (TPSA) is 103 Å². The molecule has 2 aromatic carbocycles. The van der Waals surface area contributed by atoms with Gasteiger partial charge in [0.15, 0.2) is 6.61 Å². The summed E-state index contributed by atoms with van der Waals surface area (Å²) in [5.41, 5.74) is 0.593. The molecule has 9 heteroatoms. The van der Waals surface area contributed by atoms with Crippen molar-refractivity contribution in [3.8, 4) is 11.5 Å². The van der Waals surface area contributed by atoms with Crippen molar-refractivity contribution < 1.29 is 28.6 Å². The number of halogens is 1. The van der Waals surface area contributed by atoms with Crippen LogP contribution in [0.25, 0.3) is 0 Å². The molecule has 0 unspecified atom stereocenters. The predicted octanol–water partition coefficient (Wildman–Crippen LogP) is 2.52. The first-order valence-corrected chi connectivity index (χ1v) is 9.51. The van der Waals surface area contributed by atoms with Crippen molar-refractivity contribution in [3.63, 3.8) is 0 Å². The molecule has 154 valence electrons. The van der Waals surface area contributed by atoms with Crippen LogP contribution in [0.2, 0.25) is 0 Å². The quantitative estimate of drug-likeness (QED) is 0.523. The number of carbonyl (C=O) groups is 3. The lowest BCUT2D eigenvalue weighted by Gasteiger charge is -2.09. The number of para-hydroxylation sites is 1. The first-order chi connectivity index (χ1) is 14.0. The average molecular weight is 465 g/mol. The SMILES string of the molecule is COc1ccc(OCCC(=O)OCC(=O)NCC(=O)Nc2ccccc2Br)cc1. The number of anilines is 1. The summed E-state index contributed by atoms with van der Waals surface area (Å²) in [6, 6.07) is 14.0. The number of methoxy groups -OCH3 is 1. The molecule has 0 atom stereocenters. The van der Waals surface area contributed by atoms with Crippen LogP contribution in [0.4, 0.5) is 5.69 Å². The smallest absolute Gasteiger partial charge is 0.309 e. The monoisotopic (exact) mass is 464 g/mol. The number of carbonyl (C=O) groups excluding carboxylic acids is 3. The third-order valence-corrected chi connectivity index (χ3v) is 4.28. The highest BCUT2D eigenvalue weighted by molar-refractivity contribution is 9.10. The molecule has 0 aromatic heterocycles. The van der Waals surface area contributed by atoms with Crippen molar-refractivity contribution in [2.45, 2.75) is 6.42 Å². The fourth-order valence-electron chi connectivity index (χ4n) is 2.13. The van der Waals surface area contributed by atoms with E-state index in [2.05, 4.69) is 26.6 Å². The van der Waals surface area contributed by atoms with Gasteiger partial charge in [-0.3, -0.25) is 14.4 Å². The molecule has 0 aliphatic heterocycles. The van der Waals surface area contributed by atoms with E-state index in [-0.39, 0.29) is 19.6 Å².